The monoisotopic (exact) mass is 434 g/mol. The smallest absolute Gasteiger partial charge is 0.417 e. The summed E-state index contributed by atoms with van der Waals surface area (Å²) in [4.78, 5) is 44.9. The Balaban J connectivity index is 1.18. The van der Waals surface area contributed by atoms with Gasteiger partial charge in [-0.2, -0.15) is 0 Å². The van der Waals surface area contributed by atoms with Crippen molar-refractivity contribution in [3.05, 3.63) is 71.8 Å². The van der Waals surface area contributed by atoms with Crippen molar-refractivity contribution in [2.75, 3.05) is 13.1 Å². The van der Waals surface area contributed by atoms with Crippen LogP contribution in [0.1, 0.15) is 48.2 Å². The van der Waals surface area contributed by atoms with Gasteiger partial charge in [0.05, 0.1) is 11.6 Å². The van der Waals surface area contributed by atoms with Crippen LogP contribution >= 0.6 is 0 Å². The van der Waals surface area contributed by atoms with Gasteiger partial charge in [-0.3, -0.25) is 4.79 Å². The molecule has 0 bridgehead atoms. The second kappa shape index (κ2) is 8.06. The van der Waals surface area contributed by atoms with E-state index in [-0.39, 0.29) is 29.3 Å². The average Bonchev–Trinajstić information content (AvgIpc) is 3.44. The third-order valence-electron chi connectivity index (χ3n) is 7.06. The molecule has 32 heavy (non-hydrogen) atoms. The minimum absolute atomic E-state index is 0.114. The van der Waals surface area contributed by atoms with Crippen molar-refractivity contribution in [3.8, 4) is 0 Å². The molecule has 7 heteroatoms. The van der Waals surface area contributed by atoms with Gasteiger partial charge in [-0.05, 0) is 49.3 Å². The normalized spacial score (nSPS) is 26.6. The van der Waals surface area contributed by atoms with E-state index in [1.807, 2.05) is 43.3 Å². The van der Waals surface area contributed by atoms with E-state index in [1.165, 1.54) is 4.90 Å². The number of nitrogens with zero attached hydrogens (tertiary/aromatic N) is 2. The summed E-state index contributed by atoms with van der Waals surface area (Å²) in [6.45, 7) is 3.02. The maximum atomic E-state index is 13.2. The highest BCUT2D eigenvalue weighted by molar-refractivity contribution is 5.97. The molecule has 0 aromatic heterocycles. The van der Waals surface area contributed by atoms with Crippen LogP contribution in [0.3, 0.4) is 0 Å². The van der Waals surface area contributed by atoms with Gasteiger partial charge >= 0.3 is 12.1 Å². The van der Waals surface area contributed by atoms with E-state index in [2.05, 4.69) is 0 Å². The van der Waals surface area contributed by atoms with Crippen LogP contribution in [0.5, 0.6) is 0 Å². The number of benzene rings is 2. The largest absolute Gasteiger partial charge is 0.439 e. The molecule has 1 saturated carbocycles. The number of ether oxygens (including phenoxy) is 1. The number of hydrogen-bond acceptors (Lipinski definition) is 6. The Labute approximate surface area is 186 Å². The van der Waals surface area contributed by atoms with Crippen molar-refractivity contribution < 1.29 is 24.0 Å². The average molecular weight is 434 g/mol. The first kappa shape index (κ1) is 20.7. The molecule has 5 rings (SSSR count). The number of piperidine rings is 1. The number of carbonyl (C=O) groups excluding carboxylic acids is 3. The van der Waals surface area contributed by atoms with E-state index in [0.717, 1.165) is 24.8 Å². The third-order valence-corrected chi connectivity index (χ3v) is 7.06. The van der Waals surface area contributed by atoms with Crippen molar-refractivity contribution in [2.45, 2.75) is 38.3 Å². The fourth-order valence-corrected chi connectivity index (χ4v) is 5.03. The molecule has 3 fully saturated rings. The second-order valence-corrected chi connectivity index (χ2v) is 8.96. The number of hydroxylamine groups is 2. The molecule has 1 spiro atoms. The van der Waals surface area contributed by atoms with Crippen molar-refractivity contribution in [2.24, 2.45) is 11.3 Å². The van der Waals surface area contributed by atoms with Crippen LogP contribution in [-0.2, 0) is 14.4 Å². The Kier molecular flexibility index (Phi) is 5.21. The van der Waals surface area contributed by atoms with Gasteiger partial charge in [-0.15, -0.1) is 5.06 Å². The van der Waals surface area contributed by atoms with Crippen LogP contribution in [0.2, 0.25) is 0 Å². The van der Waals surface area contributed by atoms with Crippen LogP contribution in [0.25, 0.3) is 0 Å². The molecule has 7 nitrogen and oxygen atoms in total. The fourth-order valence-electron chi connectivity index (χ4n) is 5.03. The van der Waals surface area contributed by atoms with E-state index in [4.69, 9.17) is 9.57 Å². The minimum Gasteiger partial charge on any atom is -0.439 e. The molecule has 2 heterocycles. The van der Waals surface area contributed by atoms with Crippen LogP contribution in [0, 0.1) is 11.3 Å². The molecule has 2 amide bonds. The number of rotatable bonds is 4. The molecule has 3 aliphatic rings. The standard InChI is InChI=1S/C25H26N2O5/c1-17-21(18-8-4-2-5-9-18)31-24(30)27(17)22(28)20-16-25(20)12-14-26(15-13-25)32-23(29)19-10-6-3-7-11-19/h2-11,17,20-21H,12-16H2,1H3/t17-,20-,21-/m1/s1. The first-order valence-electron chi connectivity index (χ1n) is 11.1. The van der Waals surface area contributed by atoms with Gasteiger partial charge in [0.15, 0.2) is 0 Å². The molecular weight excluding hydrogens is 408 g/mol. The summed E-state index contributed by atoms with van der Waals surface area (Å²) >= 11 is 0. The Morgan fingerprint density at radius 2 is 1.62 bits per heavy atom. The zero-order valence-electron chi connectivity index (χ0n) is 18.0. The lowest BCUT2D eigenvalue weighted by Gasteiger charge is -2.31. The van der Waals surface area contributed by atoms with Gasteiger partial charge in [-0.25, -0.2) is 14.5 Å². The highest BCUT2D eigenvalue weighted by atomic mass is 16.7. The van der Waals surface area contributed by atoms with Gasteiger partial charge in [0.1, 0.15) is 6.10 Å². The Morgan fingerprint density at radius 1 is 1.00 bits per heavy atom. The van der Waals surface area contributed by atoms with Gasteiger partial charge < -0.3 is 9.57 Å². The molecule has 0 unspecified atom stereocenters. The van der Waals surface area contributed by atoms with Crippen molar-refractivity contribution >= 4 is 18.0 Å². The molecule has 0 N–H and O–H groups in total. The van der Waals surface area contributed by atoms with Gasteiger partial charge in [0.2, 0.25) is 5.91 Å². The number of amides is 2. The second-order valence-electron chi connectivity index (χ2n) is 8.96. The summed E-state index contributed by atoms with van der Waals surface area (Å²) in [6.07, 6.45) is 1.27. The molecular formula is C25H26N2O5. The van der Waals surface area contributed by atoms with Crippen molar-refractivity contribution in [3.63, 3.8) is 0 Å². The molecule has 1 aliphatic carbocycles. The highest BCUT2D eigenvalue weighted by Crippen LogP contribution is 2.60. The number of hydrogen-bond donors (Lipinski definition) is 0. The third kappa shape index (κ3) is 3.66. The number of cyclic esters (lactones) is 1. The maximum Gasteiger partial charge on any atom is 0.417 e. The SMILES string of the molecule is C[C@@H]1[C@H](c2ccccc2)OC(=O)N1C(=O)[C@H]1CC12CCN(OC(=O)c1ccccc1)CC2. The quantitative estimate of drug-likeness (QED) is 0.725. The molecule has 166 valence electrons. The first-order chi connectivity index (χ1) is 15.5. The summed E-state index contributed by atoms with van der Waals surface area (Å²) in [5.74, 6) is -0.694. The summed E-state index contributed by atoms with van der Waals surface area (Å²) in [6, 6.07) is 18.1. The molecule has 2 aromatic carbocycles. The molecule has 3 atom stereocenters. The lowest BCUT2D eigenvalue weighted by Crippen LogP contribution is -2.42. The Hall–Kier alpha value is -3.19. The van der Waals surface area contributed by atoms with Crippen LogP contribution in [-0.4, -0.2) is 47.1 Å². The lowest BCUT2D eigenvalue weighted by molar-refractivity contribution is -0.138. The van der Waals surface area contributed by atoms with Gasteiger partial charge in [-0.1, -0.05) is 48.5 Å². The lowest BCUT2D eigenvalue weighted by atomic mass is 9.91. The van der Waals surface area contributed by atoms with Crippen molar-refractivity contribution in [1.29, 1.82) is 0 Å². The van der Waals surface area contributed by atoms with Gasteiger partial charge in [0.25, 0.3) is 0 Å². The molecule has 0 radical (unpaired) electrons. The van der Waals surface area contributed by atoms with Crippen molar-refractivity contribution in [1.82, 2.24) is 9.96 Å². The topological polar surface area (TPSA) is 76.2 Å². The predicted octanol–water partition coefficient (Wildman–Crippen LogP) is 3.97. The van der Waals surface area contributed by atoms with E-state index in [1.54, 1.807) is 29.3 Å². The first-order valence-corrected chi connectivity index (χ1v) is 11.1. The molecule has 2 aliphatic heterocycles. The molecule has 2 aromatic rings. The summed E-state index contributed by atoms with van der Waals surface area (Å²) < 4.78 is 5.55. The van der Waals surface area contributed by atoms with Crippen LogP contribution < -0.4 is 0 Å². The van der Waals surface area contributed by atoms with E-state index in [9.17, 15) is 14.4 Å². The van der Waals surface area contributed by atoms with E-state index in [0.29, 0.717) is 18.7 Å². The Morgan fingerprint density at radius 3 is 2.28 bits per heavy atom. The molecule has 2 saturated heterocycles. The zero-order valence-corrected chi connectivity index (χ0v) is 18.0. The number of imide groups is 1. The zero-order chi connectivity index (χ0) is 22.3. The maximum absolute atomic E-state index is 13.2. The van der Waals surface area contributed by atoms with E-state index < -0.39 is 12.2 Å². The summed E-state index contributed by atoms with van der Waals surface area (Å²) in [5, 5.41) is 1.68. The highest BCUT2D eigenvalue weighted by Gasteiger charge is 2.62. The van der Waals surface area contributed by atoms with E-state index >= 15 is 0 Å². The summed E-state index contributed by atoms with van der Waals surface area (Å²) in [7, 11) is 0. The minimum atomic E-state index is -0.562. The predicted molar refractivity (Wildman–Crippen MR) is 115 cm³/mol. The summed E-state index contributed by atoms with van der Waals surface area (Å²) in [5.41, 5.74) is 1.29. The number of carbonyl (C=O) groups is 3. The fraction of sp³-hybridized carbons (Fsp3) is 0.400. The van der Waals surface area contributed by atoms with Gasteiger partial charge in [0, 0.05) is 19.0 Å². The van der Waals surface area contributed by atoms with Crippen LogP contribution in [0.4, 0.5) is 4.79 Å². The Bertz CT molecular complexity index is 1020. The van der Waals surface area contributed by atoms with Crippen LogP contribution in [0.15, 0.2) is 60.7 Å².